The van der Waals surface area contributed by atoms with Crippen LogP contribution in [0.4, 0.5) is 0 Å². The van der Waals surface area contributed by atoms with E-state index in [1.165, 1.54) is 13.2 Å². The summed E-state index contributed by atoms with van der Waals surface area (Å²) in [4.78, 5) is 16.4. The standard InChI is InChI=1S/C14H13NO2S2/c1-10-15-12(9-18-10)4-3-11-7-13(19-8-11)5-6-14(16)17-2/h3-9H,1-2H3/b4-3?,6-5+. The monoisotopic (exact) mass is 291 g/mol. The van der Waals surface area contributed by atoms with Crippen LogP contribution in [0.1, 0.15) is 21.1 Å². The van der Waals surface area contributed by atoms with E-state index >= 15 is 0 Å². The number of carbonyl (C=O) groups excluding carboxylic acids is 1. The molecule has 2 heterocycles. The third kappa shape index (κ3) is 4.15. The van der Waals surface area contributed by atoms with Gasteiger partial charge in [-0.25, -0.2) is 9.78 Å². The van der Waals surface area contributed by atoms with Gasteiger partial charge in [0.2, 0.25) is 0 Å². The predicted octanol–water partition coefficient (Wildman–Crippen LogP) is 3.87. The predicted molar refractivity (Wildman–Crippen MR) is 81.1 cm³/mol. The first kappa shape index (κ1) is 13.7. The molecule has 0 bridgehead atoms. The van der Waals surface area contributed by atoms with Gasteiger partial charge in [0.05, 0.1) is 17.8 Å². The van der Waals surface area contributed by atoms with Gasteiger partial charge < -0.3 is 4.74 Å². The molecule has 0 amide bonds. The number of rotatable bonds is 4. The zero-order chi connectivity index (χ0) is 13.7. The quantitative estimate of drug-likeness (QED) is 0.634. The number of carbonyl (C=O) groups is 1. The molecule has 0 aliphatic heterocycles. The van der Waals surface area contributed by atoms with Crippen molar-refractivity contribution >= 4 is 46.9 Å². The zero-order valence-electron chi connectivity index (χ0n) is 10.6. The van der Waals surface area contributed by atoms with Crippen LogP contribution in [0.5, 0.6) is 0 Å². The first-order valence-electron chi connectivity index (χ1n) is 5.62. The number of nitrogens with zero attached hydrogens (tertiary/aromatic N) is 1. The van der Waals surface area contributed by atoms with Crippen molar-refractivity contribution in [2.75, 3.05) is 7.11 Å². The fourth-order valence-electron chi connectivity index (χ4n) is 1.40. The number of hydrogen-bond acceptors (Lipinski definition) is 5. The van der Waals surface area contributed by atoms with Crippen LogP contribution in [0.15, 0.2) is 22.9 Å². The van der Waals surface area contributed by atoms with Crippen molar-refractivity contribution in [1.82, 2.24) is 4.98 Å². The normalized spacial score (nSPS) is 11.5. The molecule has 5 heteroatoms. The minimum Gasteiger partial charge on any atom is -0.466 e. The lowest BCUT2D eigenvalue weighted by molar-refractivity contribution is -0.134. The molecule has 0 fully saturated rings. The van der Waals surface area contributed by atoms with E-state index in [1.54, 1.807) is 28.7 Å². The van der Waals surface area contributed by atoms with Crippen LogP contribution in [-0.4, -0.2) is 18.1 Å². The number of thiophene rings is 1. The first-order chi connectivity index (χ1) is 9.17. The third-order valence-corrected chi connectivity index (χ3v) is 4.02. The van der Waals surface area contributed by atoms with E-state index in [2.05, 4.69) is 9.72 Å². The lowest BCUT2D eigenvalue weighted by Gasteiger charge is -1.87. The number of hydrogen-bond donors (Lipinski definition) is 0. The average molecular weight is 291 g/mol. The van der Waals surface area contributed by atoms with Gasteiger partial charge in [-0.1, -0.05) is 6.08 Å². The van der Waals surface area contributed by atoms with E-state index in [0.717, 1.165) is 21.1 Å². The highest BCUT2D eigenvalue weighted by molar-refractivity contribution is 7.11. The summed E-state index contributed by atoms with van der Waals surface area (Å²) in [5, 5.41) is 5.12. The van der Waals surface area contributed by atoms with Crippen molar-refractivity contribution in [3.05, 3.63) is 44.0 Å². The lowest BCUT2D eigenvalue weighted by Crippen LogP contribution is -1.92. The van der Waals surface area contributed by atoms with Gasteiger partial charge in [-0.2, -0.15) is 0 Å². The molecule has 0 spiro atoms. The number of esters is 1. The number of thiazole rings is 1. The summed E-state index contributed by atoms with van der Waals surface area (Å²) in [5.41, 5.74) is 2.07. The van der Waals surface area contributed by atoms with E-state index in [0.29, 0.717) is 0 Å². The Hall–Kier alpha value is -1.72. The van der Waals surface area contributed by atoms with E-state index < -0.39 is 0 Å². The van der Waals surface area contributed by atoms with Crippen molar-refractivity contribution in [1.29, 1.82) is 0 Å². The van der Waals surface area contributed by atoms with Gasteiger partial charge in [-0.05, 0) is 36.1 Å². The molecule has 0 aliphatic rings. The Balaban J connectivity index is 2.03. The van der Waals surface area contributed by atoms with Crippen molar-refractivity contribution < 1.29 is 9.53 Å². The lowest BCUT2D eigenvalue weighted by atomic mass is 10.2. The molecule has 2 aromatic rings. The molecule has 98 valence electrons. The Kier molecular flexibility index (Phi) is 4.65. The molecule has 0 aliphatic carbocycles. The SMILES string of the molecule is COC(=O)/C=C/c1cc(C=Cc2csc(C)n2)cs1. The van der Waals surface area contributed by atoms with Crippen molar-refractivity contribution in [3.63, 3.8) is 0 Å². The summed E-state index contributed by atoms with van der Waals surface area (Å²) in [7, 11) is 1.37. The van der Waals surface area contributed by atoms with Crippen molar-refractivity contribution in [3.8, 4) is 0 Å². The molecule has 0 saturated heterocycles. The Labute approximate surface area is 119 Å². The molecule has 2 rings (SSSR count). The second-order valence-electron chi connectivity index (χ2n) is 3.76. The van der Waals surface area contributed by atoms with Crippen LogP contribution >= 0.6 is 22.7 Å². The molecule has 0 N–H and O–H groups in total. The highest BCUT2D eigenvalue weighted by atomic mass is 32.1. The summed E-state index contributed by atoms with van der Waals surface area (Å²) in [6, 6.07) is 2.01. The summed E-state index contributed by atoms with van der Waals surface area (Å²) in [6.07, 6.45) is 7.17. The largest absolute Gasteiger partial charge is 0.466 e. The second kappa shape index (κ2) is 6.45. The highest BCUT2D eigenvalue weighted by Crippen LogP contribution is 2.19. The fraction of sp³-hybridized carbons (Fsp3) is 0.143. The topological polar surface area (TPSA) is 39.2 Å². The summed E-state index contributed by atoms with van der Waals surface area (Å²) in [6.45, 7) is 1.99. The first-order valence-corrected chi connectivity index (χ1v) is 7.38. The number of methoxy groups -OCH3 is 1. The van der Waals surface area contributed by atoms with Gasteiger partial charge in [0, 0.05) is 16.3 Å². The summed E-state index contributed by atoms with van der Waals surface area (Å²) < 4.78 is 4.54. The molecular formula is C14H13NO2S2. The maximum atomic E-state index is 11.0. The van der Waals surface area contributed by atoms with Crippen LogP contribution < -0.4 is 0 Å². The maximum absolute atomic E-state index is 11.0. The van der Waals surface area contributed by atoms with Crippen LogP contribution in [0, 0.1) is 6.92 Å². The van der Waals surface area contributed by atoms with Crippen LogP contribution in [0.2, 0.25) is 0 Å². The zero-order valence-corrected chi connectivity index (χ0v) is 12.3. The Morgan fingerprint density at radius 3 is 2.79 bits per heavy atom. The molecular weight excluding hydrogens is 278 g/mol. The average Bonchev–Trinajstić information content (AvgIpc) is 3.02. The smallest absolute Gasteiger partial charge is 0.330 e. The van der Waals surface area contributed by atoms with Crippen LogP contribution in [0.3, 0.4) is 0 Å². The molecule has 0 unspecified atom stereocenters. The summed E-state index contributed by atoms with van der Waals surface area (Å²) in [5.74, 6) is -0.344. The van der Waals surface area contributed by atoms with Crippen LogP contribution in [0.25, 0.3) is 18.2 Å². The minimum atomic E-state index is -0.344. The van der Waals surface area contributed by atoms with Gasteiger partial charge >= 0.3 is 5.97 Å². The van der Waals surface area contributed by atoms with Crippen molar-refractivity contribution in [2.24, 2.45) is 0 Å². The Morgan fingerprint density at radius 2 is 2.11 bits per heavy atom. The van der Waals surface area contributed by atoms with Gasteiger partial charge in [0.25, 0.3) is 0 Å². The molecule has 0 aromatic carbocycles. The minimum absolute atomic E-state index is 0.344. The van der Waals surface area contributed by atoms with Crippen LogP contribution in [-0.2, 0) is 9.53 Å². The molecule has 3 nitrogen and oxygen atoms in total. The van der Waals surface area contributed by atoms with E-state index in [-0.39, 0.29) is 5.97 Å². The molecule has 0 atom stereocenters. The fourth-order valence-corrected chi connectivity index (χ4v) is 2.75. The maximum Gasteiger partial charge on any atom is 0.330 e. The Bertz CT molecular complexity index is 623. The van der Waals surface area contributed by atoms with E-state index in [9.17, 15) is 4.79 Å². The Morgan fingerprint density at radius 1 is 1.26 bits per heavy atom. The van der Waals surface area contributed by atoms with E-state index in [1.807, 2.05) is 35.9 Å². The third-order valence-electron chi connectivity index (χ3n) is 2.31. The van der Waals surface area contributed by atoms with E-state index in [4.69, 9.17) is 0 Å². The number of aryl methyl sites for hydroxylation is 1. The highest BCUT2D eigenvalue weighted by Gasteiger charge is 1.97. The van der Waals surface area contributed by atoms with Gasteiger partial charge in [-0.3, -0.25) is 0 Å². The van der Waals surface area contributed by atoms with Crippen molar-refractivity contribution in [2.45, 2.75) is 6.92 Å². The number of ether oxygens (including phenoxy) is 1. The molecule has 0 saturated carbocycles. The van der Waals surface area contributed by atoms with Gasteiger partial charge in [0.1, 0.15) is 0 Å². The molecule has 19 heavy (non-hydrogen) atoms. The second-order valence-corrected chi connectivity index (χ2v) is 5.77. The van der Waals surface area contributed by atoms with Gasteiger partial charge in [-0.15, -0.1) is 22.7 Å². The molecule has 2 aromatic heterocycles. The number of aromatic nitrogens is 1. The molecule has 0 radical (unpaired) electrons. The van der Waals surface area contributed by atoms with Gasteiger partial charge in [0.15, 0.2) is 0 Å². The summed E-state index contributed by atoms with van der Waals surface area (Å²) >= 11 is 3.21.